The van der Waals surface area contributed by atoms with Gasteiger partial charge in [-0.25, -0.2) is 4.79 Å². The Morgan fingerprint density at radius 3 is 2.52 bits per heavy atom. The van der Waals surface area contributed by atoms with Crippen LogP contribution in [0.1, 0.15) is 54.7 Å². The summed E-state index contributed by atoms with van der Waals surface area (Å²) < 4.78 is 11.9. The zero-order valence-electron chi connectivity index (χ0n) is 20.0. The lowest BCUT2D eigenvalue weighted by Gasteiger charge is -2.33. The zero-order valence-corrected chi connectivity index (χ0v) is 20.0. The molecule has 0 aromatic heterocycles. The number of benzene rings is 2. The fourth-order valence-electron chi connectivity index (χ4n) is 4.49. The summed E-state index contributed by atoms with van der Waals surface area (Å²) in [5.41, 5.74) is 8.82. The molecule has 0 fully saturated rings. The molecule has 1 aliphatic carbocycles. The number of carbonyl (C=O) groups excluding carboxylic acids is 1. The molecule has 2 aromatic rings. The Hall–Kier alpha value is -3.47. The van der Waals surface area contributed by atoms with Crippen molar-refractivity contribution < 1.29 is 14.3 Å². The van der Waals surface area contributed by atoms with Gasteiger partial charge in [0.05, 0.1) is 12.2 Å². The van der Waals surface area contributed by atoms with E-state index in [0.29, 0.717) is 12.2 Å². The fraction of sp³-hybridized carbons (Fsp3) is 0.321. The molecular weight excluding hydrogens is 412 g/mol. The van der Waals surface area contributed by atoms with Crippen LogP contribution in [0.25, 0.3) is 5.57 Å². The predicted octanol–water partition coefficient (Wildman–Crippen LogP) is 5.62. The standard InChI is InChI=1S/C28H32N2O3/c1-6-29-23-15-21-25(13-17(23)4)33-26-14-18(5)24(30-7-2)16-22(26)27(21)19-11-9-10-12-20(19)28(31)32-8-3/h9-16,25,29-30H,6-8H2,1-5H3. The molecule has 172 valence electrons. The van der Waals surface area contributed by atoms with Crippen molar-refractivity contribution in [2.75, 3.05) is 25.0 Å². The first-order valence-electron chi connectivity index (χ1n) is 11.7. The van der Waals surface area contributed by atoms with Crippen LogP contribution in [0.15, 0.2) is 65.4 Å². The maximum atomic E-state index is 12.9. The van der Waals surface area contributed by atoms with E-state index in [0.717, 1.165) is 63.6 Å². The molecular formula is C28H32N2O3. The molecule has 0 amide bonds. The van der Waals surface area contributed by atoms with Crippen molar-refractivity contribution >= 4 is 17.2 Å². The van der Waals surface area contributed by atoms with Gasteiger partial charge in [-0.15, -0.1) is 0 Å². The first kappa shape index (κ1) is 22.7. The van der Waals surface area contributed by atoms with E-state index in [-0.39, 0.29) is 12.1 Å². The maximum absolute atomic E-state index is 12.9. The number of aryl methyl sites for hydroxylation is 1. The van der Waals surface area contributed by atoms with Crippen molar-refractivity contribution in [3.05, 3.63) is 87.6 Å². The van der Waals surface area contributed by atoms with E-state index in [1.165, 1.54) is 0 Å². The lowest BCUT2D eigenvalue weighted by molar-refractivity contribution is 0.0526. The van der Waals surface area contributed by atoms with Gasteiger partial charge in [0, 0.05) is 41.2 Å². The van der Waals surface area contributed by atoms with Crippen LogP contribution in [-0.2, 0) is 4.74 Å². The molecule has 1 aliphatic heterocycles. The molecule has 4 rings (SSSR count). The van der Waals surface area contributed by atoms with Crippen LogP contribution in [0.4, 0.5) is 5.69 Å². The van der Waals surface area contributed by atoms with Crippen LogP contribution in [0, 0.1) is 6.92 Å². The third kappa shape index (κ3) is 4.28. The molecule has 1 atom stereocenters. The smallest absolute Gasteiger partial charge is 0.338 e. The van der Waals surface area contributed by atoms with E-state index in [1.807, 2.05) is 31.2 Å². The maximum Gasteiger partial charge on any atom is 0.338 e. The quantitative estimate of drug-likeness (QED) is 0.543. The number of hydrogen-bond acceptors (Lipinski definition) is 5. The molecule has 5 heteroatoms. The monoisotopic (exact) mass is 444 g/mol. The molecule has 0 radical (unpaired) electrons. The number of fused-ring (bicyclic) bond motifs is 2. The molecule has 1 unspecified atom stereocenters. The lowest BCUT2D eigenvalue weighted by atomic mass is 9.82. The van der Waals surface area contributed by atoms with E-state index >= 15 is 0 Å². The lowest BCUT2D eigenvalue weighted by Crippen LogP contribution is -2.28. The largest absolute Gasteiger partial charge is 0.481 e. The second-order valence-corrected chi connectivity index (χ2v) is 8.27. The van der Waals surface area contributed by atoms with Crippen LogP contribution < -0.4 is 15.4 Å². The fourth-order valence-corrected chi connectivity index (χ4v) is 4.49. The molecule has 0 spiro atoms. The van der Waals surface area contributed by atoms with E-state index < -0.39 is 0 Å². The number of carbonyl (C=O) groups is 1. The van der Waals surface area contributed by atoms with Crippen LogP contribution in [-0.4, -0.2) is 31.8 Å². The molecule has 2 aliphatic rings. The van der Waals surface area contributed by atoms with Crippen molar-refractivity contribution in [2.45, 2.75) is 40.7 Å². The summed E-state index contributed by atoms with van der Waals surface area (Å²) in [5, 5.41) is 6.92. The SMILES string of the molecule is CCNC1=CC2=C(c3ccccc3C(=O)OCC)c3cc(NCC)c(C)cc3OC2C=C1C. The third-order valence-electron chi connectivity index (χ3n) is 6.00. The molecule has 0 saturated carbocycles. The number of allylic oxidation sites excluding steroid dienone is 1. The minimum Gasteiger partial charge on any atom is -0.481 e. The van der Waals surface area contributed by atoms with Gasteiger partial charge < -0.3 is 20.1 Å². The number of anilines is 1. The second kappa shape index (κ2) is 9.57. The Balaban J connectivity index is 2.02. The Morgan fingerprint density at radius 1 is 1.03 bits per heavy atom. The van der Waals surface area contributed by atoms with Gasteiger partial charge in [-0.3, -0.25) is 0 Å². The summed E-state index contributed by atoms with van der Waals surface area (Å²) in [6.45, 7) is 12.1. The summed E-state index contributed by atoms with van der Waals surface area (Å²) >= 11 is 0. The zero-order chi connectivity index (χ0) is 23.5. The Labute approximate surface area is 196 Å². The molecule has 0 saturated heterocycles. The van der Waals surface area contributed by atoms with Crippen molar-refractivity contribution in [3.8, 4) is 5.75 Å². The van der Waals surface area contributed by atoms with E-state index in [4.69, 9.17) is 9.47 Å². The number of hydrogen-bond donors (Lipinski definition) is 2. The normalized spacial score (nSPS) is 16.7. The molecule has 33 heavy (non-hydrogen) atoms. The highest BCUT2D eigenvalue weighted by Crippen LogP contribution is 2.45. The first-order valence-corrected chi connectivity index (χ1v) is 11.7. The Bertz CT molecular complexity index is 1170. The van der Waals surface area contributed by atoms with Crippen molar-refractivity contribution in [1.29, 1.82) is 0 Å². The van der Waals surface area contributed by atoms with Crippen molar-refractivity contribution in [3.63, 3.8) is 0 Å². The highest BCUT2D eigenvalue weighted by atomic mass is 16.5. The number of likely N-dealkylation sites (N-methyl/N-ethyl adjacent to an activating group) is 1. The summed E-state index contributed by atoms with van der Waals surface area (Å²) in [5.74, 6) is 0.504. The van der Waals surface area contributed by atoms with Crippen molar-refractivity contribution in [1.82, 2.24) is 5.32 Å². The number of ether oxygens (including phenoxy) is 2. The average Bonchev–Trinajstić information content (AvgIpc) is 2.80. The van der Waals surface area contributed by atoms with Gasteiger partial charge in [0.25, 0.3) is 0 Å². The van der Waals surface area contributed by atoms with Gasteiger partial charge in [0.15, 0.2) is 0 Å². The first-order chi connectivity index (χ1) is 16.0. The average molecular weight is 445 g/mol. The number of rotatable bonds is 7. The summed E-state index contributed by atoms with van der Waals surface area (Å²) in [7, 11) is 0. The van der Waals surface area contributed by atoms with Crippen LogP contribution in [0.2, 0.25) is 0 Å². The predicted molar refractivity (Wildman–Crippen MR) is 134 cm³/mol. The second-order valence-electron chi connectivity index (χ2n) is 8.27. The minimum absolute atomic E-state index is 0.227. The Kier molecular flexibility index (Phi) is 6.59. The molecule has 0 bridgehead atoms. The minimum atomic E-state index is -0.316. The number of nitrogens with one attached hydrogen (secondary N) is 2. The van der Waals surface area contributed by atoms with E-state index in [2.05, 4.69) is 62.6 Å². The van der Waals surface area contributed by atoms with Crippen LogP contribution >= 0.6 is 0 Å². The molecule has 5 nitrogen and oxygen atoms in total. The van der Waals surface area contributed by atoms with Crippen LogP contribution in [0.3, 0.4) is 0 Å². The molecule has 2 N–H and O–H groups in total. The van der Waals surface area contributed by atoms with Gasteiger partial charge in [-0.1, -0.05) is 18.2 Å². The van der Waals surface area contributed by atoms with Gasteiger partial charge >= 0.3 is 5.97 Å². The Morgan fingerprint density at radius 2 is 1.79 bits per heavy atom. The topological polar surface area (TPSA) is 59.6 Å². The van der Waals surface area contributed by atoms with E-state index in [9.17, 15) is 4.79 Å². The molecule has 1 heterocycles. The van der Waals surface area contributed by atoms with Crippen LogP contribution in [0.5, 0.6) is 5.75 Å². The van der Waals surface area contributed by atoms with Crippen molar-refractivity contribution in [2.24, 2.45) is 0 Å². The third-order valence-corrected chi connectivity index (χ3v) is 6.00. The number of esters is 1. The molecule has 2 aromatic carbocycles. The van der Waals surface area contributed by atoms with E-state index in [1.54, 1.807) is 0 Å². The van der Waals surface area contributed by atoms with Gasteiger partial charge in [-0.05, 0) is 81.7 Å². The summed E-state index contributed by atoms with van der Waals surface area (Å²) in [6, 6.07) is 11.9. The summed E-state index contributed by atoms with van der Waals surface area (Å²) in [4.78, 5) is 12.9. The summed E-state index contributed by atoms with van der Waals surface area (Å²) in [6.07, 6.45) is 4.09. The highest BCUT2D eigenvalue weighted by molar-refractivity contribution is 6.01. The highest BCUT2D eigenvalue weighted by Gasteiger charge is 2.32. The van der Waals surface area contributed by atoms with Gasteiger partial charge in [-0.2, -0.15) is 0 Å². The van der Waals surface area contributed by atoms with Gasteiger partial charge in [0.2, 0.25) is 0 Å². The van der Waals surface area contributed by atoms with Gasteiger partial charge in [0.1, 0.15) is 11.9 Å².